The van der Waals surface area contributed by atoms with Crippen LogP contribution in [-0.4, -0.2) is 34.1 Å². The average Bonchev–Trinajstić information content (AvgIpc) is 2.32. The SMILES string of the molecule is CC1(C)C[C@H]2[C@H]3CC[C@@H](O)[C@@](C)(O)[C@@H](C[C@@H]21)O3. The molecular formula is C14H24O3. The highest BCUT2D eigenvalue weighted by Gasteiger charge is 2.58. The second kappa shape index (κ2) is 3.46. The molecule has 3 nitrogen and oxygen atoms in total. The Balaban J connectivity index is 1.88. The molecule has 0 amide bonds. The van der Waals surface area contributed by atoms with Gasteiger partial charge in [0.1, 0.15) is 5.60 Å². The molecule has 2 bridgehead atoms. The van der Waals surface area contributed by atoms with Crippen molar-refractivity contribution in [2.45, 2.75) is 70.4 Å². The van der Waals surface area contributed by atoms with Gasteiger partial charge in [0.2, 0.25) is 0 Å². The minimum Gasteiger partial charge on any atom is -0.390 e. The van der Waals surface area contributed by atoms with Crippen molar-refractivity contribution in [3.05, 3.63) is 0 Å². The number of ether oxygens (including phenoxy) is 1. The van der Waals surface area contributed by atoms with Gasteiger partial charge in [-0.3, -0.25) is 0 Å². The smallest absolute Gasteiger partial charge is 0.114 e. The molecule has 3 heteroatoms. The Labute approximate surface area is 103 Å². The van der Waals surface area contributed by atoms with Crippen LogP contribution in [0.2, 0.25) is 0 Å². The number of rotatable bonds is 0. The van der Waals surface area contributed by atoms with Crippen LogP contribution in [0, 0.1) is 17.3 Å². The van der Waals surface area contributed by atoms with Crippen molar-refractivity contribution >= 4 is 0 Å². The minimum absolute atomic E-state index is 0.189. The summed E-state index contributed by atoms with van der Waals surface area (Å²) in [5.41, 5.74) is -0.693. The van der Waals surface area contributed by atoms with Crippen LogP contribution in [0.5, 0.6) is 0 Å². The van der Waals surface area contributed by atoms with E-state index >= 15 is 0 Å². The van der Waals surface area contributed by atoms with E-state index in [2.05, 4.69) is 13.8 Å². The van der Waals surface area contributed by atoms with Crippen molar-refractivity contribution in [1.82, 2.24) is 0 Å². The van der Waals surface area contributed by atoms with E-state index in [1.165, 1.54) is 6.42 Å². The number of aliphatic hydroxyl groups excluding tert-OH is 1. The first kappa shape index (κ1) is 11.9. The second-order valence-electron chi connectivity index (χ2n) is 7.18. The maximum absolute atomic E-state index is 10.5. The van der Waals surface area contributed by atoms with Gasteiger partial charge in [-0.15, -0.1) is 0 Å². The molecule has 1 saturated carbocycles. The summed E-state index contributed by atoms with van der Waals surface area (Å²) in [6.45, 7) is 6.37. The molecule has 17 heavy (non-hydrogen) atoms. The molecule has 3 aliphatic rings. The van der Waals surface area contributed by atoms with Gasteiger partial charge in [0.25, 0.3) is 0 Å². The summed E-state index contributed by atoms with van der Waals surface area (Å²) < 4.78 is 6.05. The highest BCUT2D eigenvalue weighted by atomic mass is 16.5. The fraction of sp³-hybridized carbons (Fsp3) is 1.00. The number of hydrogen-bond donors (Lipinski definition) is 2. The molecule has 1 aliphatic carbocycles. The van der Waals surface area contributed by atoms with Crippen LogP contribution in [0.1, 0.15) is 46.5 Å². The zero-order valence-electron chi connectivity index (χ0n) is 11.0. The van der Waals surface area contributed by atoms with Crippen LogP contribution in [0.25, 0.3) is 0 Å². The van der Waals surface area contributed by atoms with E-state index in [9.17, 15) is 10.2 Å². The molecule has 0 aromatic carbocycles. The zero-order valence-corrected chi connectivity index (χ0v) is 11.0. The monoisotopic (exact) mass is 240 g/mol. The molecule has 2 saturated heterocycles. The van der Waals surface area contributed by atoms with Crippen molar-refractivity contribution in [3.63, 3.8) is 0 Å². The van der Waals surface area contributed by atoms with Gasteiger partial charge in [0.15, 0.2) is 0 Å². The first-order chi connectivity index (χ1) is 7.82. The maximum atomic E-state index is 10.5. The Kier molecular flexibility index (Phi) is 2.43. The standard InChI is InChI=1S/C14H24O3/c1-13(2)7-8-9(13)6-12-14(3,16)11(15)5-4-10(8)17-12/h8-12,15-16H,4-7H2,1-3H3/t8-,9+,10-,11-,12-,14-/m1/s1. The highest BCUT2D eigenvalue weighted by Crippen LogP contribution is 2.59. The van der Waals surface area contributed by atoms with Crippen LogP contribution in [0.15, 0.2) is 0 Å². The van der Waals surface area contributed by atoms with Gasteiger partial charge in [0.05, 0.1) is 18.3 Å². The fourth-order valence-electron chi connectivity index (χ4n) is 4.29. The molecule has 98 valence electrons. The van der Waals surface area contributed by atoms with Gasteiger partial charge >= 0.3 is 0 Å². The summed E-state index contributed by atoms with van der Waals surface area (Å²) in [7, 11) is 0. The Morgan fingerprint density at radius 2 is 1.88 bits per heavy atom. The van der Waals surface area contributed by atoms with Gasteiger partial charge < -0.3 is 14.9 Å². The van der Waals surface area contributed by atoms with Gasteiger partial charge in [-0.05, 0) is 49.9 Å². The molecule has 0 radical (unpaired) electrons. The Morgan fingerprint density at radius 1 is 1.18 bits per heavy atom. The van der Waals surface area contributed by atoms with E-state index in [1.54, 1.807) is 6.92 Å². The van der Waals surface area contributed by atoms with E-state index in [4.69, 9.17) is 4.74 Å². The summed E-state index contributed by atoms with van der Waals surface area (Å²) in [4.78, 5) is 0. The molecule has 3 rings (SSSR count). The summed E-state index contributed by atoms with van der Waals surface area (Å²) in [5, 5.41) is 20.5. The van der Waals surface area contributed by atoms with E-state index < -0.39 is 11.7 Å². The van der Waals surface area contributed by atoms with Crippen LogP contribution < -0.4 is 0 Å². The topological polar surface area (TPSA) is 49.7 Å². The lowest BCUT2D eigenvalue weighted by atomic mass is 9.51. The fourth-order valence-corrected chi connectivity index (χ4v) is 4.29. The molecule has 2 heterocycles. The molecule has 2 N–H and O–H groups in total. The minimum atomic E-state index is -1.08. The van der Waals surface area contributed by atoms with Gasteiger partial charge in [-0.2, -0.15) is 0 Å². The molecule has 0 unspecified atom stereocenters. The Bertz CT molecular complexity index is 323. The largest absolute Gasteiger partial charge is 0.390 e. The van der Waals surface area contributed by atoms with E-state index in [0.29, 0.717) is 23.7 Å². The third-order valence-electron chi connectivity index (χ3n) is 5.62. The number of hydrogen-bond acceptors (Lipinski definition) is 3. The van der Waals surface area contributed by atoms with Crippen molar-refractivity contribution in [3.8, 4) is 0 Å². The molecule has 0 spiro atoms. The van der Waals surface area contributed by atoms with Gasteiger partial charge in [0, 0.05) is 0 Å². The maximum Gasteiger partial charge on any atom is 0.114 e. The lowest BCUT2D eigenvalue weighted by molar-refractivity contribution is -0.236. The summed E-state index contributed by atoms with van der Waals surface area (Å²) >= 11 is 0. The van der Waals surface area contributed by atoms with Gasteiger partial charge in [-0.1, -0.05) is 13.8 Å². The van der Waals surface area contributed by atoms with Crippen molar-refractivity contribution in [1.29, 1.82) is 0 Å². The van der Waals surface area contributed by atoms with E-state index in [1.807, 2.05) is 0 Å². The normalized spacial score (nSPS) is 56.6. The third kappa shape index (κ3) is 1.59. The molecule has 6 atom stereocenters. The van der Waals surface area contributed by atoms with E-state index in [-0.39, 0.29) is 12.2 Å². The van der Waals surface area contributed by atoms with Crippen LogP contribution in [0.3, 0.4) is 0 Å². The first-order valence-corrected chi connectivity index (χ1v) is 6.88. The lowest BCUT2D eigenvalue weighted by Gasteiger charge is -2.59. The zero-order chi connectivity index (χ0) is 12.4. The molecule has 2 aliphatic heterocycles. The third-order valence-corrected chi connectivity index (χ3v) is 5.62. The Morgan fingerprint density at radius 3 is 2.53 bits per heavy atom. The highest BCUT2D eigenvalue weighted by molar-refractivity contribution is 5.08. The molecule has 0 aromatic heterocycles. The molecule has 0 aromatic rings. The first-order valence-electron chi connectivity index (χ1n) is 6.88. The second-order valence-corrected chi connectivity index (χ2v) is 7.18. The van der Waals surface area contributed by atoms with Crippen molar-refractivity contribution in [2.24, 2.45) is 17.3 Å². The van der Waals surface area contributed by atoms with Crippen LogP contribution >= 0.6 is 0 Å². The van der Waals surface area contributed by atoms with E-state index in [0.717, 1.165) is 12.8 Å². The average molecular weight is 240 g/mol. The van der Waals surface area contributed by atoms with Crippen LogP contribution in [0.4, 0.5) is 0 Å². The summed E-state index contributed by atoms with van der Waals surface area (Å²) in [5.74, 6) is 1.31. The summed E-state index contributed by atoms with van der Waals surface area (Å²) in [6.07, 6.45) is 3.12. The van der Waals surface area contributed by atoms with Crippen molar-refractivity contribution < 1.29 is 14.9 Å². The number of fused-ring (bicyclic) bond motifs is 4. The lowest BCUT2D eigenvalue weighted by Crippen LogP contribution is -2.60. The molecular weight excluding hydrogens is 216 g/mol. The van der Waals surface area contributed by atoms with Crippen LogP contribution in [-0.2, 0) is 4.74 Å². The predicted molar refractivity (Wildman–Crippen MR) is 64.5 cm³/mol. The van der Waals surface area contributed by atoms with Gasteiger partial charge in [-0.25, -0.2) is 0 Å². The van der Waals surface area contributed by atoms with Crippen molar-refractivity contribution in [2.75, 3.05) is 0 Å². The summed E-state index contributed by atoms with van der Waals surface area (Å²) in [6, 6.07) is 0. The predicted octanol–water partition coefficient (Wildman–Crippen LogP) is 1.71. The quantitative estimate of drug-likeness (QED) is 0.677. The molecule has 3 fully saturated rings. The number of aliphatic hydroxyl groups is 2. The Hall–Kier alpha value is -0.120.